The fourth-order valence-corrected chi connectivity index (χ4v) is 3.19. The molecule has 0 aliphatic heterocycles. The molecule has 0 bridgehead atoms. The van der Waals surface area contributed by atoms with Crippen LogP contribution >= 0.6 is 0 Å². The number of phenols is 2. The van der Waals surface area contributed by atoms with Gasteiger partial charge in [-0.25, -0.2) is 0 Å². The summed E-state index contributed by atoms with van der Waals surface area (Å²) in [5.41, 5.74) is 12.6. The largest absolute Gasteiger partial charge is 0.507 e. The van der Waals surface area contributed by atoms with E-state index in [9.17, 15) is 24.6 Å². The van der Waals surface area contributed by atoms with E-state index in [1.807, 2.05) is 0 Å². The Hall–Kier alpha value is -3.87. The van der Waals surface area contributed by atoms with E-state index < -0.39 is 11.8 Å². The van der Waals surface area contributed by atoms with Gasteiger partial charge in [-0.1, -0.05) is 12.1 Å². The van der Waals surface area contributed by atoms with Gasteiger partial charge in [-0.15, -0.1) is 0 Å². The van der Waals surface area contributed by atoms with Crippen LogP contribution in [0, 0.1) is 0 Å². The van der Waals surface area contributed by atoms with Gasteiger partial charge in [0.05, 0.1) is 0 Å². The Morgan fingerprint density at radius 1 is 0.793 bits per heavy atom. The van der Waals surface area contributed by atoms with Gasteiger partial charge >= 0.3 is 0 Å². The second-order valence-corrected chi connectivity index (χ2v) is 6.80. The van der Waals surface area contributed by atoms with Gasteiger partial charge in [0.25, 0.3) is 0 Å². The average molecular weight is 392 g/mol. The highest BCUT2D eigenvalue weighted by Gasteiger charge is 2.21. The zero-order valence-corrected chi connectivity index (χ0v) is 15.5. The minimum atomic E-state index is -0.652. The maximum Gasteiger partial charge on any atom is 0.248 e. The molecule has 0 unspecified atom stereocenters. The lowest BCUT2D eigenvalue weighted by Crippen LogP contribution is -2.13. The topological polar surface area (TPSA) is 144 Å². The predicted molar refractivity (Wildman–Crippen MR) is 108 cm³/mol. The fourth-order valence-electron chi connectivity index (χ4n) is 3.19. The smallest absolute Gasteiger partial charge is 0.248 e. The number of nitrogens with two attached hydrogens (primary N) is 2. The standard InChI is InChI=1S/C22H20N2O5/c23-21(28)16-6-4-12(18(25)10-16)8-14-2-1-3-15(20(14)27)9-13-5-7-17(22(24)29)11-19(13)26/h4-11,25-26H,1-3H2,(H2,23,28)(H2,24,29). The van der Waals surface area contributed by atoms with Crippen LogP contribution in [-0.4, -0.2) is 27.8 Å². The van der Waals surface area contributed by atoms with E-state index >= 15 is 0 Å². The lowest BCUT2D eigenvalue weighted by Gasteiger charge is -2.17. The fraction of sp³-hybridized carbons (Fsp3) is 0.136. The quantitative estimate of drug-likeness (QED) is 0.591. The third-order valence-electron chi connectivity index (χ3n) is 4.76. The highest BCUT2D eigenvalue weighted by molar-refractivity contribution is 6.14. The normalized spacial score (nSPS) is 16.9. The number of benzene rings is 2. The van der Waals surface area contributed by atoms with Crippen molar-refractivity contribution in [3.63, 3.8) is 0 Å². The van der Waals surface area contributed by atoms with Crippen molar-refractivity contribution in [2.75, 3.05) is 0 Å². The van der Waals surface area contributed by atoms with Gasteiger partial charge in [0.15, 0.2) is 5.78 Å². The van der Waals surface area contributed by atoms with Crippen LogP contribution in [0.3, 0.4) is 0 Å². The van der Waals surface area contributed by atoms with Crippen molar-refractivity contribution in [3.8, 4) is 11.5 Å². The first kappa shape index (κ1) is 19.9. The molecule has 1 aliphatic carbocycles. The van der Waals surface area contributed by atoms with E-state index in [1.54, 1.807) is 12.2 Å². The van der Waals surface area contributed by atoms with Crippen molar-refractivity contribution in [1.82, 2.24) is 0 Å². The van der Waals surface area contributed by atoms with Crippen molar-refractivity contribution in [3.05, 3.63) is 69.8 Å². The number of allylic oxidation sites excluding steroid dienone is 2. The van der Waals surface area contributed by atoms with Gasteiger partial charge < -0.3 is 21.7 Å². The number of carbonyl (C=O) groups excluding carboxylic acids is 3. The first-order chi connectivity index (χ1) is 13.8. The number of phenolic OH excluding ortho intramolecular Hbond substituents is 2. The second-order valence-electron chi connectivity index (χ2n) is 6.80. The summed E-state index contributed by atoms with van der Waals surface area (Å²) in [6.45, 7) is 0. The molecule has 0 aromatic heterocycles. The number of amides is 2. The molecule has 0 saturated heterocycles. The zero-order chi connectivity index (χ0) is 21.1. The second kappa shape index (κ2) is 8.02. The highest BCUT2D eigenvalue weighted by atomic mass is 16.3. The van der Waals surface area contributed by atoms with Gasteiger partial charge in [0.2, 0.25) is 11.8 Å². The number of rotatable bonds is 4. The molecule has 0 heterocycles. The SMILES string of the molecule is NC(=O)c1ccc(C=C2CCCC(=Cc3ccc(C(N)=O)cc3O)C2=O)c(O)c1. The van der Waals surface area contributed by atoms with Crippen LogP contribution in [0.25, 0.3) is 12.2 Å². The number of hydrogen-bond acceptors (Lipinski definition) is 5. The Balaban J connectivity index is 1.91. The van der Waals surface area contributed by atoms with E-state index in [0.29, 0.717) is 35.1 Å². The van der Waals surface area contributed by atoms with Crippen LogP contribution < -0.4 is 11.5 Å². The van der Waals surface area contributed by atoms with Crippen LogP contribution in [0.2, 0.25) is 0 Å². The lowest BCUT2D eigenvalue weighted by molar-refractivity contribution is -0.112. The molecule has 0 spiro atoms. The summed E-state index contributed by atoms with van der Waals surface area (Å²) in [7, 11) is 0. The first-order valence-corrected chi connectivity index (χ1v) is 8.97. The molecule has 2 amide bonds. The van der Waals surface area contributed by atoms with Crippen LogP contribution in [0.5, 0.6) is 11.5 Å². The van der Waals surface area contributed by atoms with E-state index in [-0.39, 0.29) is 28.4 Å². The van der Waals surface area contributed by atoms with Crippen molar-refractivity contribution >= 4 is 29.7 Å². The summed E-state index contributed by atoms with van der Waals surface area (Å²) in [4.78, 5) is 35.3. The maximum absolute atomic E-state index is 12.9. The third-order valence-corrected chi connectivity index (χ3v) is 4.76. The first-order valence-electron chi connectivity index (χ1n) is 8.97. The van der Waals surface area contributed by atoms with E-state index in [4.69, 9.17) is 11.5 Å². The molecule has 0 atom stereocenters. The minimum absolute atomic E-state index is 0.141. The van der Waals surface area contributed by atoms with Crippen LogP contribution in [0.4, 0.5) is 0 Å². The van der Waals surface area contributed by atoms with Gasteiger partial charge in [-0.05, 0) is 55.7 Å². The average Bonchev–Trinajstić information content (AvgIpc) is 2.67. The summed E-state index contributed by atoms with van der Waals surface area (Å²) in [5.74, 6) is -1.77. The predicted octanol–water partition coefficient (Wildman–Crippen LogP) is 2.52. The number of primary amides is 2. The summed E-state index contributed by atoms with van der Waals surface area (Å²) in [6, 6.07) is 8.55. The molecular weight excluding hydrogens is 372 g/mol. The van der Waals surface area contributed by atoms with E-state index in [1.165, 1.54) is 36.4 Å². The van der Waals surface area contributed by atoms with Crippen molar-refractivity contribution < 1.29 is 24.6 Å². The van der Waals surface area contributed by atoms with Crippen LogP contribution in [0.15, 0.2) is 47.5 Å². The molecule has 29 heavy (non-hydrogen) atoms. The van der Waals surface area contributed by atoms with Gasteiger partial charge in [0, 0.05) is 33.4 Å². The summed E-state index contributed by atoms with van der Waals surface area (Å²) >= 11 is 0. The number of hydrogen-bond donors (Lipinski definition) is 4. The third kappa shape index (κ3) is 4.35. The van der Waals surface area contributed by atoms with E-state index in [2.05, 4.69) is 0 Å². The summed E-state index contributed by atoms with van der Waals surface area (Å²) in [5, 5.41) is 20.2. The van der Waals surface area contributed by atoms with Crippen LogP contribution in [0.1, 0.15) is 51.1 Å². The maximum atomic E-state index is 12.9. The molecule has 0 radical (unpaired) electrons. The Kier molecular flexibility index (Phi) is 5.50. The van der Waals surface area contributed by atoms with E-state index in [0.717, 1.165) is 6.42 Å². The Labute approximate surface area is 167 Å². The lowest BCUT2D eigenvalue weighted by atomic mass is 9.86. The van der Waals surface area contributed by atoms with Crippen molar-refractivity contribution in [1.29, 1.82) is 0 Å². The molecule has 1 aliphatic rings. The Morgan fingerprint density at radius 3 is 1.55 bits per heavy atom. The molecular formula is C22H20N2O5. The molecule has 7 nitrogen and oxygen atoms in total. The molecule has 2 aromatic carbocycles. The highest BCUT2D eigenvalue weighted by Crippen LogP contribution is 2.31. The molecule has 6 N–H and O–H groups in total. The summed E-state index contributed by atoms with van der Waals surface area (Å²) < 4.78 is 0. The van der Waals surface area contributed by atoms with Gasteiger partial charge in [0.1, 0.15) is 11.5 Å². The molecule has 7 heteroatoms. The molecule has 3 rings (SSSR count). The number of carbonyl (C=O) groups is 3. The molecule has 148 valence electrons. The zero-order valence-electron chi connectivity index (χ0n) is 15.5. The van der Waals surface area contributed by atoms with Crippen molar-refractivity contribution in [2.45, 2.75) is 19.3 Å². The van der Waals surface area contributed by atoms with Crippen LogP contribution in [-0.2, 0) is 4.79 Å². The minimum Gasteiger partial charge on any atom is -0.507 e. The molecule has 1 saturated carbocycles. The Bertz CT molecular complexity index is 999. The monoisotopic (exact) mass is 392 g/mol. The number of ketones is 1. The van der Waals surface area contributed by atoms with Gasteiger partial charge in [-0.2, -0.15) is 0 Å². The number of aromatic hydroxyl groups is 2. The molecule has 2 aromatic rings. The Morgan fingerprint density at radius 2 is 1.21 bits per heavy atom. The van der Waals surface area contributed by atoms with Crippen molar-refractivity contribution in [2.24, 2.45) is 11.5 Å². The number of Topliss-reactive ketones (excluding diaryl/α,β-unsaturated/α-hetero) is 1. The van der Waals surface area contributed by atoms with Gasteiger partial charge in [-0.3, -0.25) is 14.4 Å². The molecule has 1 fully saturated rings. The summed E-state index contributed by atoms with van der Waals surface area (Å²) in [6.07, 6.45) is 4.99.